The number of phenols is 1. The van der Waals surface area contributed by atoms with Crippen molar-refractivity contribution in [2.24, 2.45) is 0 Å². The zero-order valence-electron chi connectivity index (χ0n) is 26.8. The summed E-state index contributed by atoms with van der Waals surface area (Å²) in [4.78, 5) is 42.5. The summed E-state index contributed by atoms with van der Waals surface area (Å²) < 4.78 is 52.2. The fourth-order valence-electron chi connectivity index (χ4n) is 6.96. The number of hydrogen-bond acceptors (Lipinski definition) is 9. The topological polar surface area (TPSA) is 112 Å². The number of halogens is 3. The van der Waals surface area contributed by atoms with Gasteiger partial charge in [0.05, 0.1) is 10.9 Å². The van der Waals surface area contributed by atoms with Gasteiger partial charge in [0.2, 0.25) is 11.8 Å². The molecule has 2 aromatic carbocycles. The fraction of sp³-hybridized carbons (Fsp3) is 0.441. The second kappa shape index (κ2) is 12.6. The Balaban J connectivity index is 1.46. The molecule has 47 heavy (non-hydrogen) atoms. The average Bonchev–Trinajstić information content (AvgIpc) is 3.57. The molecule has 4 aromatic rings. The first-order valence-electron chi connectivity index (χ1n) is 15.7. The number of pyridine rings is 1. The molecule has 2 aliphatic rings. The van der Waals surface area contributed by atoms with E-state index in [0.29, 0.717) is 35.7 Å². The smallest absolute Gasteiger partial charge is 0.319 e. The predicted octanol–water partition coefficient (Wildman–Crippen LogP) is 5.18. The number of amides is 2. The number of benzene rings is 2. The highest BCUT2D eigenvalue weighted by atomic mass is 19.1. The SMILES string of the molecule is CCc1c(F)ccc2cc(O)cc(-c3ncc4c(N(C)CCC(=O)N(C)C(C)=O)nc(OC[C@@]56CCCN5C[C@H](F)C6)nc4c3F)c12. The summed E-state index contributed by atoms with van der Waals surface area (Å²) in [6.45, 7) is 4.42. The quantitative estimate of drug-likeness (QED) is 0.262. The van der Waals surface area contributed by atoms with Gasteiger partial charge in [0, 0.05) is 58.7 Å². The minimum absolute atomic E-state index is 0.0289. The van der Waals surface area contributed by atoms with E-state index in [2.05, 4.69) is 19.9 Å². The van der Waals surface area contributed by atoms with Crippen LogP contribution in [-0.4, -0.2) is 93.7 Å². The largest absolute Gasteiger partial charge is 0.508 e. The van der Waals surface area contributed by atoms with Gasteiger partial charge in [-0.3, -0.25) is 24.4 Å². The molecule has 0 unspecified atom stereocenters. The molecular formula is C34H37F3N6O4. The van der Waals surface area contributed by atoms with Crippen molar-refractivity contribution in [3.8, 4) is 23.0 Å². The van der Waals surface area contributed by atoms with Crippen molar-refractivity contribution in [1.29, 1.82) is 0 Å². The van der Waals surface area contributed by atoms with Gasteiger partial charge in [-0.2, -0.15) is 9.97 Å². The van der Waals surface area contributed by atoms with Gasteiger partial charge >= 0.3 is 6.01 Å². The number of carbonyl (C=O) groups is 2. The van der Waals surface area contributed by atoms with Crippen molar-refractivity contribution in [3.05, 3.63) is 47.7 Å². The van der Waals surface area contributed by atoms with E-state index in [1.165, 1.54) is 44.4 Å². The minimum Gasteiger partial charge on any atom is -0.508 e. The highest BCUT2D eigenvalue weighted by Crippen LogP contribution is 2.41. The first-order chi connectivity index (χ1) is 22.4. The third kappa shape index (κ3) is 5.92. The third-order valence-electron chi connectivity index (χ3n) is 9.51. The molecule has 4 heterocycles. The lowest BCUT2D eigenvalue weighted by Crippen LogP contribution is -2.43. The van der Waals surface area contributed by atoms with E-state index >= 15 is 4.39 Å². The van der Waals surface area contributed by atoms with Crippen molar-refractivity contribution < 1.29 is 32.6 Å². The Labute approximate surface area is 270 Å². The van der Waals surface area contributed by atoms with Crippen LogP contribution in [-0.2, 0) is 16.0 Å². The van der Waals surface area contributed by atoms with Crippen LogP contribution in [0, 0.1) is 11.6 Å². The molecular weight excluding hydrogens is 613 g/mol. The monoisotopic (exact) mass is 650 g/mol. The Morgan fingerprint density at radius 2 is 1.98 bits per heavy atom. The molecule has 2 atom stereocenters. The van der Waals surface area contributed by atoms with E-state index in [4.69, 9.17) is 4.74 Å². The normalized spacial score (nSPS) is 19.3. The van der Waals surface area contributed by atoms with Crippen LogP contribution in [0.5, 0.6) is 11.8 Å². The van der Waals surface area contributed by atoms with E-state index in [1.807, 2.05) is 0 Å². The van der Waals surface area contributed by atoms with E-state index in [-0.39, 0.29) is 59.3 Å². The molecule has 2 aliphatic heterocycles. The number of ether oxygens (including phenoxy) is 1. The summed E-state index contributed by atoms with van der Waals surface area (Å²) in [7, 11) is 3.06. The van der Waals surface area contributed by atoms with Gasteiger partial charge in [-0.05, 0) is 60.3 Å². The van der Waals surface area contributed by atoms with E-state index < -0.39 is 35.2 Å². The summed E-state index contributed by atoms with van der Waals surface area (Å²) in [5, 5.41) is 11.7. The molecule has 2 saturated heterocycles. The van der Waals surface area contributed by atoms with E-state index in [1.54, 1.807) is 18.9 Å². The Morgan fingerprint density at radius 1 is 1.19 bits per heavy atom. The number of imide groups is 1. The van der Waals surface area contributed by atoms with Gasteiger partial charge in [-0.15, -0.1) is 0 Å². The molecule has 13 heteroatoms. The number of rotatable bonds is 9. The van der Waals surface area contributed by atoms with Crippen LogP contribution in [0.3, 0.4) is 0 Å². The molecule has 10 nitrogen and oxygen atoms in total. The maximum atomic E-state index is 16.7. The number of aryl methyl sites for hydroxylation is 1. The highest BCUT2D eigenvalue weighted by molar-refractivity contribution is 6.02. The first kappa shape index (κ1) is 32.4. The van der Waals surface area contributed by atoms with Gasteiger partial charge < -0.3 is 14.7 Å². The zero-order valence-corrected chi connectivity index (χ0v) is 26.8. The lowest BCUT2D eigenvalue weighted by atomic mass is 9.94. The lowest BCUT2D eigenvalue weighted by molar-refractivity contribution is -0.141. The lowest BCUT2D eigenvalue weighted by Gasteiger charge is -2.31. The zero-order chi connectivity index (χ0) is 33.6. The number of aromatic hydroxyl groups is 1. The van der Waals surface area contributed by atoms with Crippen molar-refractivity contribution in [2.75, 3.05) is 45.2 Å². The first-order valence-corrected chi connectivity index (χ1v) is 15.7. The molecule has 6 rings (SSSR count). The number of anilines is 1. The van der Waals surface area contributed by atoms with Gasteiger partial charge in [-0.1, -0.05) is 13.0 Å². The Bertz CT molecular complexity index is 1890. The molecule has 0 aliphatic carbocycles. The van der Waals surface area contributed by atoms with Gasteiger partial charge in [0.1, 0.15) is 41.4 Å². The summed E-state index contributed by atoms with van der Waals surface area (Å²) in [6, 6.07) is 5.54. The molecule has 248 valence electrons. The van der Waals surface area contributed by atoms with Crippen molar-refractivity contribution in [3.63, 3.8) is 0 Å². The summed E-state index contributed by atoms with van der Waals surface area (Å²) in [6.07, 6.45) is 2.71. The van der Waals surface area contributed by atoms with Gasteiger partial charge in [0.25, 0.3) is 0 Å². The van der Waals surface area contributed by atoms with Crippen LogP contribution in [0.25, 0.3) is 32.9 Å². The maximum Gasteiger partial charge on any atom is 0.319 e. The number of aromatic nitrogens is 3. The van der Waals surface area contributed by atoms with Gasteiger partial charge in [-0.25, -0.2) is 13.2 Å². The summed E-state index contributed by atoms with van der Waals surface area (Å²) in [5.41, 5.74) is -0.224. The Kier molecular flexibility index (Phi) is 8.68. The number of hydrogen-bond donors (Lipinski definition) is 1. The molecule has 0 spiro atoms. The van der Waals surface area contributed by atoms with Crippen molar-refractivity contribution in [2.45, 2.75) is 57.7 Å². The highest BCUT2D eigenvalue weighted by Gasteiger charge is 2.49. The Morgan fingerprint density at radius 3 is 2.72 bits per heavy atom. The second-order valence-electron chi connectivity index (χ2n) is 12.5. The van der Waals surface area contributed by atoms with Crippen LogP contribution in [0.2, 0.25) is 0 Å². The molecule has 0 saturated carbocycles. The average molecular weight is 651 g/mol. The summed E-state index contributed by atoms with van der Waals surface area (Å²) >= 11 is 0. The molecule has 2 fully saturated rings. The standard InChI is InChI=1S/C34H37F3N6O4/c1-5-23-26(36)8-7-20-13-22(45)14-24(28(20)23)30-29(37)31-25(16-38-30)32(41(3)12-9-27(46)42(4)19(2)44)40-33(39-31)47-18-34-10-6-11-43(34)17-21(35)15-34/h7-8,13-14,16,21,45H,5-6,9-12,15,17-18H2,1-4H3/t21-,34+/m1/s1. The third-order valence-corrected chi connectivity index (χ3v) is 9.51. The minimum atomic E-state index is -0.968. The second-order valence-corrected chi connectivity index (χ2v) is 12.5. The maximum absolute atomic E-state index is 16.7. The van der Waals surface area contributed by atoms with Crippen LogP contribution in [0.1, 0.15) is 45.1 Å². The predicted molar refractivity (Wildman–Crippen MR) is 171 cm³/mol. The van der Waals surface area contributed by atoms with E-state index in [9.17, 15) is 23.5 Å². The van der Waals surface area contributed by atoms with Crippen molar-refractivity contribution in [1.82, 2.24) is 24.8 Å². The van der Waals surface area contributed by atoms with Crippen LogP contribution in [0.4, 0.5) is 19.0 Å². The van der Waals surface area contributed by atoms with Crippen molar-refractivity contribution >= 4 is 39.3 Å². The number of alkyl halides is 1. The van der Waals surface area contributed by atoms with Gasteiger partial charge in [0.15, 0.2) is 5.82 Å². The molecule has 0 radical (unpaired) electrons. The number of phenolic OH excluding ortho intramolecular Hbond substituents is 1. The van der Waals surface area contributed by atoms with Crippen LogP contribution < -0.4 is 9.64 Å². The number of nitrogens with zero attached hydrogens (tertiary/aromatic N) is 6. The molecule has 2 aromatic heterocycles. The molecule has 1 N–H and O–H groups in total. The van der Waals surface area contributed by atoms with Crippen LogP contribution in [0.15, 0.2) is 30.5 Å². The molecule has 0 bridgehead atoms. The Hall–Kier alpha value is -4.52. The molecule has 2 amide bonds. The van der Waals surface area contributed by atoms with E-state index in [0.717, 1.165) is 24.3 Å². The summed E-state index contributed by atoms with van der Waals surface area (Å²) in [5.74, 6) is -1.99. The number of fused-ring (bicyclic) bond motifs is 3. The van der Waals surface area contributed by atoms with Crippen LogP contribution >= 0.6 is 0 Å². The number of carbonyl (C=O) groups excluding carboxylic acids is 2. The fourth-order valence-corrected chi connectivity index (χ4v) is 6.96.